The number of amides is 2. The van der Waals surface area contributed by atoms with Crippen LogP contribution in [0.4, 0.5) is 11.4 Å². The van der Waals surface area contributed by atoms with E-state index in [-0.39, 0.29) is 24.5 Å². The molecule has 8 nitrogen and oxygen atoms in total. The number of hydrogen-bond acceptors (Lipinski definition) is 6. The second kappa shape index (κ2) is 12.7. The molecular weight excluding hydrogens is 410 g/mol. The Morgan fingerprint density at radius 3 is 2.84 bits per heavy atom. The molecule has 2 amide bonds. The number of benzene rings is 2. The second-order valence-electron chi connectivity index (χ2n) is 7.53. The average Bonchev–Trinajstić information content (AvgIpc) is 3.34. The van der Waals surface area contributed by atoms with Gasteiger partial charge < -0.3 is 30.2 Å². The summed E-state index contributed by atoms with van der Waals surface area (Å²) in [4.78, 5) is 24.7. The van der Waals surface area contributed by atoms with E-state index in [1.807, 2.05) is 24.3 Å². The summed E-state index contributed by atoms with van der Waals surface area (Å²) in [6.07, 6.45) is 2.89. The molecule has 3 rings (SSSR count). The number of nitrogens with one attached hydrogen (secondary N) is 3. The Bertz CT molecular complexity index is 883. The van der Waals surface area contributed by atoms with Crippen LogP contribution in [-0.4, -0.2) is 57.9 Å². The molecule has 0 spiro atoms. The lowest BCUT2D eigenvalue weighted by Crippen LogP contribution is -2.25. The zero-order valence-electron chi connectivity index (χ0n) is 18.4. The number of para-hydroxylation sites is 2. The van der Waals surface area contributed by atoms with E-state index in [0.29, 0.717) is 42.4 Å². The fraction of sp³-hybridized carbons (Fsp3) is 0.417. The molecule has 172 valence electrons. The van der Waals surface area contributed by atoms with Crippen LogP contribution >= 0.6 is 0 Å². The van der Waals surface area contributed by atoms with Crippen LogP contribution in [0.2, 0.25) is 0 Å². The van der Waals surface area contributed by atoms with Gasteiger partial charge in [-0.25, -0.2) is 0 Å². The van der Waals surface area contributed by atoms with Crippen LogP contribution in [0, 0.1) is 0 Å². The molecule has 1 saturated heterocycles. The summed E-state index contributed by atoms with van der Waals surface area (Å²) in [7, 11) is 1.63. The van der Waals surface area contributed by atoms with E-state index >= 15 is 0 Å². The van der Waals surface area contributed by atoms with Gasteiger partial charge in [0.25, 0.3) is 5.91 Å². The Kier molecular flexibility index (Phi) is 9.34. The Morgan fingerprint density at radius 2 is 2.03 bits per heavy atom. The Morgan fingerprint density at radius 1 is 1.16 bits per heavy atom. The minimum Gasteiger partial charge on any atom is -0.489 e. The molecule has 8 heteroatoms. The fourth-order valence-electron chi connectivity index (χ4n) is 3.32. The first-order chi connectivity index (χ1) is 15.7. The summed E-state index contributed by atoms with van der Waals surface area (Å²) in [5.41, 5.74) is 1.83. The maximum Gasteiger partial charge on any atom is 0.251 e. The van der Waals surface area contributed by atoms with E-state index in [2.05, 4.69) is 16.0 Å². The number of hydrogen-bond donors (Lipinski definition) is 3. The Labute approximate surface area is 188 Å². The van der Waals surface area contributed by atoms with Crippen LogP contribution in [0.3, 0.4) is 0 Å². The van der Waals surface area contributed by atoms with E-state index in [1.165, 1.54) is 0 Å². The maximum atomic E-state index is 12.5. The van der Waals surface area contributed by atoms with Gasteiger partial charge in [-0.1, -0.05) is 18.2 Å². The van der Waals surface area contributed by atoms with Gasteiger partial charge in [0.2, 0.25) is 5.91 Å². The Hall–Kier alpha value is -3.10. The molecular formula is C24H31N3O5. The molecule has 0 radical (unpaired) electrons. The first-order valence-electron chi connectivity index (χ1n) is 10.9. The van der Waals surface area contributed by atoms with Crippen LogP contribution in [0.15, 0.2) is 48.5 Å². The smallest absolute Gasteiger partial charge is 0.251 e. The van der Waals surface area contributed by atoms with Gasteiger partial charge in [-0.3, -0.25) is 9.59 Å². The van der Waals surface area contributed by atoms with E-state index in [4.69, 9.17) is 14.2 Å². The number of carbonyl (C=O) groups is 2. The lowest BCUT2D eigenvalue weighted by Gasteiger charge is -2.15. The van der Waals surface area contributed by atoms with Gasteiger partial charge in [-0.05, 0) is 49.6 Å². The summed E-state index contributed by atoms with van der Waals surface area (Å²) in [6.45, 7) is 2.43. The van der Waals surface area contributed by atoms with Crippen molar-refractivity contribution in [3.8, 4) is 5.75 Å². The lowest BCUT2D eigenvalue weighted by molar-refractivity contribution is -0.114. The number of ether oxygens (including phenoxy) is 3. The number of rotatable bonds is 12. The van der Waals surface area contributed by atoms with Gasteiger partial charge in [0, 0.05) is 38.1 Å². The van der Waals surface area contributed by atoms with Crippen molar-refractivity contribution in [1.29, 1.82) is 0 Å². The SMILES string of the molecule is COCCCNC(=O)c1cccc(NCC(=O)Nc2ccccc2OCC2CCCO2)c1. The molecule has 32 heavy (non-hydrogen) atoms. The van der Waals surface area contributed by atoms with Gasteiger partial charge in [-0.15, -0.1) is 0 Å². The van der Waals surface area contributed by atoms with Crippen molar-refractivity contribution in [1.82, 2.24) is 5.32 Å². The first-order valence-corrected chi connectivity index (χ1v) is 10.9. The topological polar surface area (TPSA) is 97.9 Å². The van der Waals surface area contributed by atoms with Crippen molar-refractivity contribution in [3.63, 3.8) is 0 Å². The molecule has 1 atom stereocenters. The van der Waals surface area contributed by atoms with Crippen molar-refractivity contribution < 1.29 is 23.8 Å². The van der Waals surface area contributed by atoms with E-state index in [1.54, 1.807) is 31.4 Å². The predicted molar refractivity (Wildman–Crippen MR) is 123 cm³/mol. The molecule has 2 aromatic rings. The van der Waals surface area contributed by atoms with Gasteiger partial charge in [0.15, 0.2) is 0 Å². The largest absolute Gasteiger partial charge is 0.489 e. The monoisotopic (exact) mass is 441 g/mol. The predicted octanol–water partition coefficient (Wildman–Crippen LogP) is 3.06. The van der Waals surface area contributed by atoms with Crippen LogP contribution in [0.5, 0.6) is 5.75 Å². The second-order valence-corrected chi connectivity index (χ2v) is 7.53. The zero-order chi connectivity index (χ0) is 22.6. The van der Waals surface area contributed by atoms with Crippen molar-refractivity contribution in [2.45, 2.75) is 25.4 Å². The molecule has 2 aromatic carbocycles. The molecule has 1 fully saturated rings. The van der Waals surface area contributed by atoms with Crippen LogP contribution in [0.1, 0.15) is 29.6 Å². The minimum absolute atomic E-state index is 0.0545. The summed E-state index contributed by atoms with van der Waals surface area (Å²) < 4.78 is 16.4. The van der Waals surface area contributed by atoms with Gasteiger partial charge in [0.1, 0.15) is 12.4 Å². The molecule has 0 aromatic heterocycles. The number of anilines is 2. The molecule has 1 unspecified atom stereocenters. The third-order valence-corrected chi connectivity index (χ3v) is 5.00. The summed E-state index contributed by atoms with van der Waals surface area (Å²) in [5.74, 6) is 0.239. The van der Waals surface area contributed by atoms with Crippen molar-refractivity contribution >= 4 is 23.2 Å². The number of methoxy groups -OCH3 is 1. The third-order valence-electron chi connectivity index (χ3n) is 5.00. The molecule has 1 heterocycles. The highest BCUT2D eigenvalue weighted by atomic mass is 16.5. The van der Waals surface area contributed by atoms with Gasteiger partial charge in [-0.2, -0.15) is 0 Å². The van der Waals surface area contributed by atoms with E-state index in [9.17, 15) is 9.59 Å². The molecule has 0 aliphatic carbocycles. The van der Waals surface area contributed by atoms with Crippen molar-refractivity contribution in [3.05, 3.63) is 54.1 Å². The first kappa shape index (κ1) is 23.6. The Balaban J connectivity index is 1.48. The van der Waals surface area contributed by atoms with Crippen molar-refractivity contribution in [2.24, 2.45) is 0 Å². The third kappa shape index (κ3) is 7.55. The normalized spacial score (nSPS) is 15.2. The highest BCUT2D eigenvalue weighted by Gasteiger charge is 2.17. The lowest BCUT2D eigenvalue weighted by atomic mass is 10.2. The summed E-state index contributed by atoms with van der Waals surface area (Å²) in [6, 6.07) is 14.4. The fourth-order valence-corrected chi connectivity index (χ4v) is 3.32. The van der Waals surface area contributed by atoms with Gasteiger partial charge in [0.05, 0.1) is 18.3 Å². The maximum absolute atomic E-state index is 12.5. The molecule has 0 bridgehead atoms. The van der Waals surface area contributed by atoms with E-state index < -0.39 is 0 Å². The number of carbonyl (C=O) groups excluding carboxylic acids is 2. The molecule has 0 saturated carbocycles. The van der Waals surface area contributed by atoms with Crippen LogP contribution in [0.25, 0.3) is 0 Å². The van der Waals surface area contributed by atoms with E-state index in [0.717, 1.165) is 25.9 Å². The standard InChI is InChI=1S/C24H31N3O5/c1-30-13-6-12-25-24(29)18-7-4-8-19(15-18)26-16-23(28)27-21-10-2-3-11-22(21)32-17-20-9-5-14-31-20/h2-4,7-8,10-11,15,20,26H,5-6,9,12-14,16-17H2,1H3,(H,25,29)(H,27,28). The van der Waals surface area contributed by atoms with Crippen LogP contribution < -0.4 is 20.7 Å². The highest BCUT2D eigenvalue weighted by Crippen LogP contribution is 2.25. The quantitative estimate of drug-likeness (QED) is 0.438. The molecule has 1 aliphatic rings. The van der Waals surface area contributed by atoms with Crippen LogP contribution in [-0.2, 0) is 14.3 Å². The highest BCUT2D eigenvalue weighted by molar-refractivity contribution is 5.96. The molecule has 3 N–H and O–H groups in total. The van der Waals surface area contributed by atoms with Crippen molar-refractivity contribution in [2.75, 3.05) is 50.7 Å². The summed E-state index contributed by atoms with van der Waals surface area (Å²) in [5, 5.41) is 8.78. The average molecular weight is 442 g/mol. The zero-order valence-corrected chi connectivity index (χ0v) is 18.4. The summed E-state index contributed by atoms with van der Waals surface area (Å²) >= 11 is 0. The molecule has 1 aliphatic heterocycles. The van der Waals surface area contributed by atoms with Gasteiger partial charge >= 0.3 is 0 Å². The minimum atomic E-state index is -0.215.